The molecule has 5 rings (SSSR count). The molecule has 0 radical (unpaired) electrons. The number of nitrogens with zero attached hydrogens (tertiary/aromatic N) is 4. The Kier molecular flexibility index (Phi) is 7.07. The van der Waals surface area contributed by atoms with Gasteiger partial charge in [-0.2, -0.15) is 0 Å². The minimum absolute atomic E-state index is 0.483. The molecule has 0 unspecified atom stereocenters. The van der Waals surface area contributed by atoms with Crippen molar-refractivity contribution < 1.29 is 4.79 Å². The summed E-state index contributed by atoms with van der Waals surface area (Å²) in [5, 5.41) is 1.70. The largest absolute Gasteiger partial charge is 0.368 e. The Morgan fingerprint density at radius 3 is 2.53 bits per heavy atom. The van der Waals surface area contributed by atoms with Gasteiger partial charge in [-0.25, -0.2) is 4.79 Å². The first-order chi connectivity index (χ1) is 17.5. The molecule has 3 aromatic carbocycles. The molecular weight excluding hydrogens is 470 g/mol. The fraction of sp³-hybridized carbons (Fsp3) is 0.241. The number of carbonyl (C=O) groups excluding carboxylic acids is 1. The van der Waals surface area contributed by atoms with Gasteiger partial charge in [0.1, 0.15) is 0 Å². The molecule has 36 heavy (non-hydrogen) atoms. The normalized spacial score (nSPS) is 14.2. The summed E-state index contributed by atoms with van der Waals surface area (Å²) in [6, 6.07) is 25.3. The van der Waals surface area contributed by atoms with E-state index in [2.05, 4.69) is 51.2 Å². The van der Waals surface area contributed by atoms with Gasteiger partial charge in [-0.3, -0.25) is 14.8 Å². The second-order valence-corrected chi connectivity index (χ2v) is 9.58. The third-order valence-corrected chi connectivity index (χ3v) is 7.08. The topological polar surface area (TPSA) is 65.7 Å². The Hall–Kier alpha value is -3.61. The number of amides is 2. The van der Waals surface area contributed by atoms with Gasteiger partial charge in [0.2, 0.25) is 0 Å². The molecule has 4 aromatic rings. The number of benzene rings is 3. The maximum absolute atomic E-state index is 12.3. The lowest BCUT2D eigenvalue weighted by Gasteiger charge is -2.36. The molecule has 0 aliphatic carbocycles. The lowest BCUT2D eigenvalue weighted by molar-refractivity contribution is 0.256. The summed E-state index contributed by atoms with van der Waals surface area (Å²) >= 11 is 6.35. The fourth-order valence-electron chi connectivity index (χ4n) is 4.89. The number of hydrogen-bond acceptors (Lipinski definition) is 4. The van der Waals surface area contributed by atoms with Crippen molar-refractivity contribution in [2.75, 3.05) is 42.5 Å². The van der Waals surface area contributed by atoms with E-state index in [1.54, 1.807) is 12.1 Å². The van der Waals surface area contributed by atoms with E-state index in [1.165, 1.54) is 16.0 Å². The van der Waals surface area contributed by atoms with E-state index in [0.717, 1.165) is 61.6 Å². The van der Waals surface area contributed by atoms with E-state index in [1.807, 2.05) is 37.3 Å². The third-order valence-electron chi connectivity index (χ3n) is 6.76. The summed E-state index contributed by atoms with van der Waals surface area (Å²) in [6.07, 6.45) is 0.889. The molecule has 1 saturated heterocycles. The molecule has 0 spiro atoms. The summed E-state index contributed by atoms with van der Waals surface area (Å²) in [7, 11) is 0. The van der Waals surface area contributed by atoms with E-state index in [-0.39, 0.29) is 0 Å². The fourth-order valence-corrected chi connectivity index (χ4v) is 5.11. The number of urea groups is 1. The van der Waals surface area contributed by atoms with Crippen molar-refractivity contribution in [2.45, 2.75) is 13.3 Å². The first kappa shape index (κ1) is 24.1. The summed E-state index contributed by atoms with van der Waals surface area (Å²) in [6.45, 7) is 6.95. The van der Waals surface area contributed by atoms with Crippen LogP contribution < -0.4 is 15.5 Å². The predicted molar refractivity (Wildman–Crippen MR) is 148 cm³/mol. The number of nitrogens with two attached hydrogens (primary N) is 1. The highest BCUT2D eigenvalue weighted by Crippen LogP contribution is 2.32. The number of piperazine rings is 1. The number of aryl methyl sites for hydroxylation is 1. The van der Waals surface area contributed by atoms with Crippen molar-refractivity contribution in [2.24, 2.45) is 5.73 Å². The van der Waals surface area contributed by atoms with Crippen LogP contribution in [-0.2, 0) is 6.42 Å². The van der Waals surface area contributed by atoms with Crippen LogP contribution in [0.15, 0.2) is 78.9 Å². The van der Waals surface area contributed by atoms with Crippen molar-refractivity contribution in [1.29, 1.82) is 0 Å². The predicted octanol–water partition coefficient (Wildman–Crippen LogP) is 5.78. The van der Waals surface area contributed by atoms with Crippen LogP contribution in [0.25, 0.3) is 10.9 Å². The van der Waals surface area contributed by atoms with Crippen LogP contribution in [0.5, 0.6) is 0 Å². The van der Waals surface area contributed by atoms with Crippen LogP contribution >= 0.6 is 11.6 Å². The number of anilines is 3. The second kappa shape index (κ2) is 10.6. The zero-order chi connectivity index (χ0) is 25.1. The molecule has 2 heterocycles. The highest BCUT2D eigenvalue weighted by molar-refractivity contribution is 6.34. The molecule has 0 saturated carbocycles. The summed E-state index contributed by atoms with van der Waals surface area (Å²) in [4.78, 5) is 23.4. The van der Waals surface area contributed by atoms with Gasteiger partial charge in [0.05, 0.1) is 21.9 Å². The van der Waals surface area contributed by atoms with Crippen LogP contribution in [-0.4, -0.2) is 48.6 Å². The molecule has 2 N–H and O–H groups in total. The van der Waals surface area contributed by atoms with E-state index in [9.17, 15) is 4.79 Å². The number of halogens is 1. The maximum atomic E-state index is 12.3. The number of carbonyl (C=O) groups is 1. The molecule has 7 heteroatoms. The molecule has 0 bridgehead atoms. The number of hydrogen-bond donors (Lipinski definition) is 1. The van der Waals surface area contributed by atoms with Crippen molar-refractivity contribution in [3.63, 3.8) is 0 Å². The van der Waals surface area contributed by atoms with Crippen LogP contribution in [0.2, 0.25) is 5.02 Å². The zero-order valence-corrected chi connectivity index (χ0v) is 21.2. The van der Waals surface area contributed by atoms with Gasteiger partial charge in [-0.15, -0.1) is 0 Å². The number of aromatic nitrogens is 1. The van der Waals surface area contributed by atoms with E-state index in [4.69, 9.17) is 17.3 Å². The maximum Gasteiger partial charge on any atom is 0.323 e. The Labute approximate surface area is 216 Å². The van der Waals surface area contributed by atoms with Crippen molar-refractivity contribution in [3.05, 3.63) is 95.1 Å². The minimum atomic E-state index is -0.560. The summed E-state index contributed by atoms with van der Waals surface area (Å²) in [5.41, 5.74) is 11.5. The lowest BCUT2D eigenvalue weighted by atomic mass is 10.1. The lowest BCUT2D eigenvalue weighted by Crippen LogP contribution is -2.47. The Morgan fingerprint density at radius 2 is 1.75 bits per heavy atom. The Balaban J connectivity index is 1.23. The van der Waals surface area contributed by atoms with Gasteiger partial charge in [0, 0.05) is 49.5 Å². The van der Waals surface area contributed by atoms with Crippen LogP contribution in [0.3, 0.4) is 0 Å². The summed E-state index contributed by atoms with van der Waals surface area (Å²) in [5.74, 6) is 0. The van der Waals surface area contributed by atoms with Crippen LogP contribution in [0.1, 0.15) is 11.3 Å². The minimum Gasteiger partial charge on any atom is -0.368 e. The molecule has 1 aliphatic heterocycles. The highest BCUT2D eigenvalue weighted by atomic mass is 35.5. The molecule has 0 atom stereocenters. The SMILES string of the molecule is Cc1ccc2c(N3CCN(CCc4cccc(N(C(N)=O)c5ccccc5Cl)c4)CC3)cccc2n1. The van der Waals surface area contributed by atoms with Gasteiger partial charge in [0.25, 0.3) is 0 Å². The smallest absolute Gasteiger partial charge is 0.323 e. The zero-order valence-electron chi connectivity index (χ0n) is 20.4. The number of para-hydroxylation sites is 1. The van der Waals surface area contributed by atoms with Crippen molar-refractivity contribution in [3.8, 4) is 0 Å². The van der Waals surface area contributed by atoms with Crippen LogP contribution in [0, 0.1) is 6.92 Å². The second-order valence-electron chi connectivity index (χ2n) is 9.17. The molecule has 1 fully saturated rings. The standard InChI is InChI=1S/C29H30ClN5O/c1-21-12-13-24-26(32-21)9-5-11-27(24)34-18-16-33(17-19-34)15-14-22-6-4-7-23(20-22)35(29(31)36)28-10-3-2-8-25(28)30/h2-13,20H,14-19H2,1H3,(H2,31,36). The number of rotatable bonds is 6. The first-order valence-corrected chi connectivity index (χ1v) is 12.6. The van der Waals surface area contributed by atoms with Gasteiger partial charge in [-0.05, 0) is 67.4 Å². The van der Waals surface area contributed by atoms with Gasteiger partial charge >= 0.3 is 6.03 Å². The Bertz CT molecular complexity index is 1380. The highest BCUT2D eigenvalue weighted by Gasteiger charge is 2.20. The van der Waals surface area contributed by atoms with Gasteiger partial charge in [-0.1, -0.05) is 41.9 Å². The monoisotopic (exact) mass is 499 g/mol. The van der Waals surface area contributed by atoms with Crippen LogP contribution in [0.4, 0.5) is 21.9 Å². The molecule has 184 valence electrons. The molecule has 6 nitrogen and oxygen atoms in total. The van der Waals surface area contributed by atoms with E-state index >= 15 is 0 Å². The van der Waals surface area contributed by atoms with Gasteiger partial charge in [0.15, 0.2) is 0 Å². The van der Waals surface area contributed by atoms with Crippen molar-refractivity contribution >= 4 is 45.6 Å². The summed E-state index contributed by atoms with van der Waals surface area (Å²) < 4.78 is 0. The number of fused-ring (bicyclic) bond motifs is 1. The van der Waals surface area contributed by atoms with E-state index < -0.39 is 6.03 Å². The Morgan fingerprint density at radius 1 is 0.972 bits per heavy atom. The number of pyridine rings is 1. The molecular formula is C29H30ClN5O. The van der Waals surface area contributed by atoms with Gasteiger partial charge < -0.3 is 10.6 Å². The number of primary amides is 1. The quantitative estimate of drug-likeness (QED) is 0.365. The average molecular weight is 500 g/mol. The first-order valence-electron chi connectivity index (χ1n) is 12.3. The van der Waals surface area contributed by atoms with E-state index in [0.29, 0.717) is 10.7 Å². The molecule has 1 aliphatic rings. The third kappa shape index (κ3) is 5.15. The molecule has 2 amide bonds. The van der Waals surface area contributed by atoms with Crippen molar-refractivity contribution in [1.82, 2.24) is 9.88 Å². The average Bonchev–Trinajstić information content (AvgIpc) is 2.89. The molecule has 1 aromatic heterocycles.